The monoisotopic (exact) mass is 342 g/mol. The number of pyridine rings is 1. The van der Waals surface area contributed by atoms with Gasteiger partial charge in [-0.3, -0.25) is 0 Å². The number of H-pyrrole nitrogens is 1. The van der Waals surface area contributed by atoms with E-state index in [9.17, 15) is 8.78 Å². The van der Waals surface area contributed by atoms with E-state index in [0.717, 1.165) is 27.4 Å². The van der Waals surface area contributed by atoms with Gasteiger partial charge in [-0.05, 0) is 23.8 Å². The summed E-state index contributed by atoms with van der Waals surface area (Å²) in [6, 6.07) is 8.81. The lowest BCUT2D eigenvalue weighted by Gasteiger charge is -2.06. The lowest BCUT2D eigenvalue weighted by atomic mass is 10.0. The molecule has 0 bridgehead atoms. The van der Waals surface area contributed by atoms with Crippen molar-refractivity contribution in [3.63, 3.8) is 0 Å². The van der Waals surface area contributed by atoms with Crippen LogP contribution in [0.2, 0.25) is 0 Å². The maximum atomic E-state index is 12.3. The molecule has 0 aliphatic carbocycles. The van der Waals surface area contributed by atoms with Gasteiger partial charge < -0.3 is 14.5 Å². The second kappa shape index (κ2) is 5.97. The molecule has 6 nitrogen and oxygen atoms in total. The van der Waals surface area contributed by atoms with Crippen LogP contribution in [0.1, 0.15) is 0 Å². The SMILES string of the molecule is COc1ncnc2ccc(-c3c[nH]c4nc(OC(F)F)ccc34)cc12. The maximum Gasteiger partial charge on any atom is 0.388 e. The largest absolute Gasteiger partial charge is 0.480 e. The minimum Gasteiger partial charge on any atom is -0.480 e. The van der Waals surface area contributed by atoms with Crippen molar-refractivity contribution in [3.8, 4) is 22.9 Å². The van der Waals surface area contributed by atoms with Gasteiger partial charge in [-0.25, -0.2) is 9.97 Å². The topological polar surface area (TPSA) is 72.9 Å². The molecule has 0 saturated heterocycles. The summed E-state index contributed by atoms with van der Waals surface area (Å²) in [5, 5.41) is 1.57. The molecule has 0 spiro atoms. The molecule has 0 saturated carbocycles. The van der Waals surface area contributed by atoms with Crippen LogP contribution < -0.4 is 9.47 Å². The predicted octanol–water partition coefficient (Wildman–Crippen LogP) is 3.78. The summed E-state index contributed by atoms with van der Waals surface area (Å²) in [6.07, 6.45) is 3.21. The number of halogens is 2. The maximum absolute atomic E-state index is 12.3. The summed E-state index contributed by atoms with van der Waals surface area (Å²) in [7, 11) is 1.55. The number of aromatic amines is 1. The third-order valence-corrected chi connectivity index (χ3v) is 3.83. The highest BCUT2D eigenvalue weighted by molar-refractivity contribution is 5.97. The van der Waals surface area contributed by atoms with Crippen LogP contribution in [0, 0.1) is 0 Å². The number of alkyl halides is 2. The van der Waals surface area contributed by atoms with E-state index < -0.39 is 6.61 Å². The zero-order valence-corrected chi connectivity index (χ0v) is 13.0. The van der Waals surface area contributed by atoms with E-state index in [4.69, 9.17) is 4.74 Å². The van der Waals surface area contributed by atoms with Crippen molar-refractivity contribution < 1.29 is 18.3 Å². The van der Waals surface area contributed by atoms with Gasteiger partial charge in [0, 0.05) is 23.2 Å². The van der Waals surface area contributed by atoms with E-state index in [1.807, 2.05) is 18.2 Å². The Kier molecular flexibility index (Phi) is 3.64. The Balaban J connectivity index is 1.83. The minimum absolute atomic E-state index is 0.135. The van der Waals surface area contributed by atoms with E-state index in [2.05, 4.69) is 24.7 Å². The molecule has 0 fully saturated rings. The standard InChI is InChI=1S/C17H12F2N4O2/c1-24-16-11-6-9(2-4-13(11)21-8-22-16)12-7-20-15-10(12)3-5-14(23-15)25-17(18)19/h2-8,17H,1H3,(H,20,23). The van der Waals surface area contributed by atoms with E-state index in [1.54, 1.807) is 19.4 Å². The molecule has 25 heavy (non-hydrogen) atoms. The highest BCUT2D eigenvalue weighted by Gasteiger charge is 2.12. The van der Waals surface area contributed by atoms with Crippen molar-refractivity contribution in [2.45, 2.75) is 6.61 Å². The normalized spacial score (nSPS) is 11.4. The van der Waals surface area contributed by atoms with Crippen molar-refractivity contribution in [3.05, 3.63) is 42.9 Å². The van der Waals surface area contributed by atoms with E-state index in [1.165, 1.54) is 12.4 Å². The molecule has 0 radical (unpaired) electrons. The minimum atomic E-state index is -2.91. The summed E-state index contributed by atoms with van der Waals surface area (Å²) in [5.41, 5.74) is 3.00. The third-order valence-electron chi connectivity index (χ3n) is 3.83. The number of rotatable bonds is 4. The van der Waals surface area contributed by atoms with Gasteiger partial charge in [0.05, 0.1) is 18.0 Å². The van der Waals surface area contributed by atoms with Crippen molar-refractivity contribution in [1.29, 1.82) is 0 Å². The average molecular weight is 342 g/mol. The van der Waals surface area contributed by atoms with E-state index in [-0.39, 0.29) is 5.88 Å². The first kappa shape index (κ1) is 15.3. The Hall–Kier alpha value is -3.29. The number of hydrogen-bond acceptors (Lipinski definition) is 5. The van der Waals surface area contributed by atoms with Crippen LogP contribution in [0.5, 0.6) is 11.8 Å². The van der Waals surface area contributed by atoms with Crippen LogP contribution in [0.4, 0.5) is 8.78 Å². The van der Waals surface area contributed by atoms with E-state index >= 15 is 0 Å². The highest BCUT2D eigenvalue weighted by Crippen LogP contribution is 2.32. The molecule has 0 aliphatic heterocycles. The second-order valence-electron chi connectivity index (χ2n) is 5.24. The Bertz CT molecular complexity index is 1070. The van der Waals surface area contributed by atoms with Crippen molar-refractivity contribution in [1.82, 2.24) is 19.9 Å². The Labute approximate surface area is 140 Å². The van der Waals surface area contributed by atoms with Gasteiger partial charge in [-0.1, -0.05) is 6.07 Å². The molecular weight excluding hydrogens is 330 g/mol. The van der Waals surface area contributed by atoms with Crippen molar-refractivity contribution in [2.75, 3.05) is 7.11 Å². The fraction of sp³-hybridized carbons (Fsp3) is 0.118. The Morgan fingerprint density at radius 3 is 2.76 bits per heavy atom. The highest BCUT2D eigenvalue weighted by atomic mass is 19.3. The molecule has 8 heteroatoms. The fourth-order valence-electron chi connectivity index (χ4n) is 2.75. The fourth-order valence-corrected chi connectivity index (χ4v) is 2.75. The first-order chi connectivity index (χ1) is 12.2. The molecule has 0 amide bonds. The van der Waals surface area contributed by atoms with Crippen LogP contribution in [-0.2, 0) is 0 Å². The number of ether oxygens (including phenoxy) is 2. The molecule has 0 atom stereocenters. The molecule has 0 aliphatic rings. The first-order valence-corrected chi connectivity index (χ1v) is 7.38. The van der Waals surface area contributed by atoms with Crippen LogP contribution >= 0.6 is 0 Å². The number of hydrogen-bond donors (Lipinski definition) is 1. The summed E-state index contributed by atoms with van der Waals surface area (Å²) in [5.74, 6) is 0.349. The van der Waals surface area contributed by atoms with Gasteiger partial charge in [0.2, 0.25) is 11.8 Å². The van der Waals surface area contributed by atoms with Crippen LogP contribution in [0.25, 0.3) is 33.1 Å². The number of aromatic nitrogens is 4. The van der Waals surface area contributed by atoms with Crippen molar-refractivity contribution in [2.24, 2.45) is 0 Å². The molecule has 0 unspecified atom stereocenters. The molecule has 3 heterocycles. The Morgan fingerprint density at radius 1 is 1.08 bits per heavy atom. The van der Waals surface area contributed by atoms with Gasteiger partial charge in [0.25, 0.3) is 0 Å². The summed E-state index contributed by atoms with van der Waals surface area (Å²) in [4.78, 5) is 15.4. The summed E-state index contributed by atoms with van der Waals surface area (Å²) in [6.45, 7) is -2.91. The summed E-state index contributed by atoms with van der Waals surface area (Å²) >= 11 is 0. The molecule has 1 aromatic carbocycles. The number of nitrogens with zero attached hydrogens (tertiary/aromatic N) is 3. The second-order valence-corrected chi connectivity index (χ2v) is 5.24. The number of benzene rings is 1. The molecule has 126 valence electrons. The van der Waals surface area contributed by atoms with Crippen LogP contribution in [0.15, 0.2) is 42.9 Å². The smallest absolute Gasteiger partial charge is 0.388 e. The van der Waals surface area contributed by atoms with Gasteiger partial charge >= 0.3 is 6.61 Å². The lowest BCUT2D eigenvalue weighted by Crippen LogP contribution is -2.03. The first-order valence-electron chi connectivity index (χ1n) is 7.38. The zero-order valence-electron chi connectivity index (χ0n) is 13.0. The molecule has 4 rings (SSSR count). The number of methoxy groups -OCH3 is 1. The lowest BCUT2D eigenvalue weighted by molar-refractivity contribution is -0.0526. The van der Waals surface area contributed by atoms with Gasteiger partial charge in [-0.2, -0.15) is 13.8 Å². The van der Waals surface area contributed by atoms with E-state index in [0.29, 0.717) is 11.5 Å². The average Bonchev–Trinajstić information content (AvgIpc) is 3.03. The molecule has 4 aromatic rings. The molecular formula is C17H12F2N4O2. The van der Waals surface area contributed by atoms with Gasteiger partial charge in [0.15, 0.2) is 0 Å². The molecule has 1 N–H and O–H groups in total. The third kappa shape index (κ3) is 2.71. The van der Waals surface area contributed by atoms with Gasteiger partial charge in [-0.15, -0.1) is 0 Å². The zero-order chi connectivity index (χ0) is 17.4. The van der Waals surface area contributed by atoms with Crippen LogP contribution in [-0.4, -0.2) is 33.7 Å². The summed E-state index contributed by atoms with van der Waals surface area (Å²) < 4.78 is 34.2. The quantitative estimate of drug-likeness (QED) is 0.611. The number of nitrogens with one attached hydrogen (secondary N) is 1. The van der Waals surface area contributed by atoms with Gasteiger partial charge in [0.1, 0.15) is 12.0 Å². The number of fused-ring (bicyclic) bond motifs is 2. The predicted molar refractivity (Wildman–Crippen MR) is 87.8 cm³/mol. The van der Waals surface area contributed by atoms with Crippen LogP contribution in [0.3, 0.4) is 0 Å². The Morgan fingerprint density at radius 2 is 1.96 bits per heavy atom. The molecule has 3 aromatic heterocycles. The van der Waals surface area contributed by atoms with Crippen molar-refractivity contribution >= 4 is 21.9 Å².